The van der Waals surface area contributed by atoms with Gasteiger partial charge in [0, 0.05) is 62.3 Å². The standard InChI is InChI=1S/C24H29N7O3/c1-3-17-14-26-24(27-15-17)31-10-7-19(8-11-31)29(2)21(32)16-34-13-12-30-9-6-18-4-5-20(22(25)33)28-23(18)30/h3-6,9,14-15,19H,1,7-8,10-13,16H2,2H3,(H2,25,33). The number of carbonyl (C=O) groups is 2. The maximum atomic E-state index is 12.6. The Balaban J connectivity index is 1.22. The lowest BCUT2D eigenvalue weighted by Gasteiger charge is -2.36. The maximum absolute atomic E-state index is 12.6. The molecule has 0 saturated carbocycles. The summed E-state index contributed by atoms with van der Waals surface area (Å²) in [5.74, 6) is 0.0939. The monoisotopic (exact) mass is 463 g/mol. The van der Waals surface area contributed by atoms with Gasteiger partial charge in [-0.1, -0.05) is 12.7 Å². The lowest BCUT2D eigenvalue weighted by Crippen LogP contribution is -2.47. The van der Waals surface area contributed by atoms with Crippen molar-refractivity contribution < 1.29 is 14.3 Å². The number of fused-ring (bicyclic) bond motifs is 1. The van der Waals surface area contributed by atoms with Crippen LogP contribution in [0, 0.1) is 0 Å². The molecule has 1 fully saturated rings. The summed E-state index contributed by atoms with van der Waals surface area (Å²) in [5, 5.41) is 0.911. The first kappa shape index (κ1) is 23.4. The fourth-order valence-electron chi connectivity index (χ4n) is 4.06. The zero-order valence-corrected chi connectivity index (χ0v) is 19.3. The average Bonchev–Trinajstić information content (AvgIpc) is 3.28. The van der Waals surface area contributed by atoms with E-state index in [4.69, 9.17) is 10.5 Å². The minimum atomic E-state index is -0.566. The quantitative estimate of drug-likeness (QED) is 0.480. The second-order valence-electron chi connectivity index (χ2n) is 8.28. The van der Waals surface area contributed by atoms with E-state index in [2.05, 4.69) is 26.4 Å². The lowest BCUT2D eigenvalue weighted by atomic mass is 10.0. The van der Waals surface area contributed by atoms with Crippen molar-refractivity contribution in [1.82, 2.24) is 24.4 Å². The van der Waals surface area contributed by atoms with Crippen LogP contribution in [0.15, 0.2) is 43.4 Å². The van der Waals surface area contributed by atoms with E-state index in [0.717, 1.165) is 36.9 Å². The van der Waals surface area contributed by atoms with Gasteiger partial charge in [-0.15, -0.1) is 0 Å². The number of hydrogen-bond donors (Lipinski definition) is 1. The topological polar surface area (TPSA) is 119 Å². The van der Waals surface area contributed by atoms with Crippen LogP contribution in [0.1, 0.15) is 28.9 Å². The Morgan fingerprint density at radius 3 is 2.65 bits per heavy atom. The van der Waals surface area contributed by atoms with E-state index < -0.39 is 5.91 Å². The van der Waals surface area contributed by atoms with Crippen molar-refractivity contribution in [2.45, 2.75) is 25.4 Å². The van der Waals surface area contributed by atoms with Crippen LogP contribution in [0.3, 0.4) is 0 Å². The van der Waals surface area contributed by atoms with Crippen molar-refractivity contribution in [2.24, 2.45) is 5.73 Å². The fraction of sp³-hybridized carbons (Fsp3) is 0.375. The molecule has 2 amide bonds. The fourth-order valence-corrected chi connectivity index (χ4v) is 4.06. The average molecular weight is 464 g/mol. The molecule has 0 unspecified atom stereocenters. The normalized spacial score (nSPS) is 14.3. The Morgan fingerprint density at radius 1 is 1.24 bits per heavy atom. The number of ether oxygens (including phenoxy) is 1. The summed E-state index contributed by atoms with van der Waals surface area (Å²) in [6.45, 7) is 6.18. The first-order chi connectivity index (χ1) is 16.5. The highest BCUT2D eigenvalue weighted by Gasteiger charge is 2.26. The first-order valence-electron chi connectivity index (χ1n) is 11.2. The Hall–Kier alpha value is -3.79. The lowest BCUT2D eigenvalue weighted by molar-refractivity contribution is -0.137. The van der Waals surface area contributed by atoms with Gasteiger partial charge >= 0.3 is 0 Å². The van der Waals surface area contributed by atoms with Crippen molar-refractivity contribution in [3.63, 3.8) is 0 Å². The molecule has 1 aliphatic heterocycles. The summed E-state index contributed by atoms with van der Waals surface area (Å²) in [5.41, 5.74) is 7.10. The second kappa shape index (κ2) is 10.4. The van der Waals surface area contributed by atoms with Crippen LogP contribution in [-0.2, 0) is 16.1 Å². The van der Waals surface area contributed by atoms with Gasteiger partial charge < -0.3 is 24.8 Å². The summed E-state index contributed by atoms with van der Waals surface area (Å²) < 4.78 is 7.53. The van der Waals surface area contributed by atoms with E-state index in [-0.39, 0.29) is 24.2 Å². The molecule has 10 nitrogen and oxygen atoms in total. The molecule has 0 bridgehead atoms. The molecule has 3 aromatic heterocycles. The molecule has 10 heteroatoms. The van der Waals surface area contributed by atoms with Crippen LogP contribution in [-0.4, -0.2) is 75.6 Å². The van der Waals surface area contributed by atoms with E-state index in [1.54, 1.807) is 29.4 Å². The zero-order chi connectivity index (χ0) is 24.1. The van der Waals surface area contributed by atoms with Gasteiger partial charge in [-0.3, -0.25) is 9.59 Å². The minimum Gasteiger partial charge on any atom is -0.370 e. The van der Waals surface area contributed by atoms with Crippen molar-refractivity contribution in [3.05, 3.63) is 54.6 Å². The Bertz CT molecular complexity index is 1170. The molecule has 2 N–H and O–H groups in total. The third-order valence-corrected chi connectivity index (χ3v) is 6.15. The van der Waals surface area contributed by atoms with Gasteiger partial charge in [-0.2, -0.15) is 0 Å². The molecule has 3 aromatic rings. The molecule has 0 aromatic carbocycles. The molecule has 4 rings (SSSR count). The number of amides is 2. The van der Waals surface area contributed by atoms with Crippen LogP contribution in [0.25, 0.3) is 17.1 Å². The predicted octanol–water partition coefficient (Wildman–Crippen LogP) is 1.71. The van der Waals surface area contributed by atoms with Crippen molar-refractivity contribution in [1.29, 1.82) is 0 Å². The Labute approximate surface area is 198 Å². The number of anilines is 1. The molecular weight excluding hydrogens is 434 g/mol. The van der Waals surface area contributed by atoms with Gasteiger partial charge in [-0.25, -0.2) is 15.0 Å². The van der Waals surface area contributed by atoms with Gasteiger partial charge in [0.1, 0.15) is 17.9 Å². The van der Waals surface area contributed by atoms with Crippen LogP contribution in [0.4, 0.5) is 5.95 Å². The van der Waals surface area contributed by atoms with E-state index in [1.165, 1.54) is 0 Å². The summed E-state index contributed by atoms with van der Waals surface area (Å²) in [7, 11) is 1.83. The molecule has 34 heavy (non-hydrogen) atoms. The van der Waals surface area contributed by atoms with Gasteiger partial charge in [0.25, 0.3) is 5.91 Å². The molecule has 4 heterocycles. The third kappa shape index (κ3) is 5.23. The van der Waals surface area contributed by atoms with Gasteiger partial charge in [-0.05, 0) is 31.0 Å². The van der Waals surface area contributed by atoms with Crippen molar-refractivity contribution in [2.75, 3.05) is 38.3 Å². The Morgan fingerprint density at radius 2 is 1.97 bits per heavy atom. The molecule has 1 saturated heterocycles. The Kier molecular flexibility index (Phi) is 7.17. The van der Waals surface area contributed by atoms with E-state index in [9.17, 15) is 9.59 Å². The van der Waals surface area contributed by atoms with Crippen LogP contribution >= 0.6 is 0 Å². The predicted molar refractivity (Wildman–Crippen MR) is 129 cm³/mol. The number of piperidine rings is 1. The molecule has 1 aliphatic rings. The largest absolute Gasteiger partial charge is 0.370 e. The smallest absolute Gasteiger partial charge is 0.267 e. The number of primary amides is 1. The summed E-state index contributed by atoms with van der Waals surface area (Å²) >= 11 is 0. The van der Waals surface area contributed by atoms with Crippen LogP contribution in [0.5, 0.6) is 0 Å². The van der Waals surface area contributed by atoms with E-state index >= 15 is 0 Å². The van der Waals surface area contributed by atoms with Gasteiger partial charge in [0.15, 0.2) is 0 Å². The first-order valence-corrected chi connectivity index (χ1v) is 11.2. The third-order valence-electron chi connectivity index (χ3n) is 6.15. The summed E-state index contributed by atoms with van der Waals surface area (Å²) in [6, 6.07) is 5.49. The summed E-state index contributed by atoms with van der Waals surface area (Å²) in [4.78, 5) is 41.1. The van der Waals surface area contributed by atoms with Crippen LogP contribution < -0.4 is 10.6 Å². The van der Waals surface area contributed by atoms with Crippen molar-refractivity contribution in [3.8, 4) is 0 Å². The number of nitrogens with zero attached hydrogens (tertiary/aromatic N) is 6. The van der Waals surface area contributed by atoms with Crippen molar-refractivity contribution >= 4 is 34.9 Å². The molecule has 0 atom stereocenters. The second-order valence-corrected chi connectivity index (χ2v) is 8.28. The number of nitrogens with two attached hydrogens (primary N) is 1. The molecular formula is C24H29N7O3. The van der Waals surface area contributed by atoms with Crippen LogP contribution in [0.2, 0.25) is 0 Å². The highest BCUT2D eigenvalue weighted by atomic mass is 16.5. The maximum Gasteiger partial charge on any atom is 0.267 e. The van der Waals surface area contributed by atoms with Gasteiger partial charge in [0.05, 0.1) is 6.61 Å². The highest BCUT2D eigenvalue weighted by molar-refractivity contribution is 5.93. The van der Waals surface area contributed by atoms with E-state index in [0.29, 0.717) is 24.7 Å². The number of carbonyl (C=O) groups excluding carboxylic acids is 2. The number of pyridine rings is 1. The number of likely N-dealkylation sites (N-methyl/N-ethyl adjacent to an activating group) is 1. The van der Waals surface area contributed by atoms with Gasteiger partial charge in [0.2, 0.25) is 11.9 Å². The zero-order valence-electron chi connectivity index (χ0n) is 19.3. The van der Waals surface area contributed by atoms with E-state index in [1.807, 2.05) is 29.9 Å². The highest BCUT2D eigenvalue weighted by Crippen LogP contribution is 2.19. The molecule has 178 valence electrons. The molecule has 0 radical (unpaired) electrons. The molecule has 0 aliphatic carbocycles. The number of aromatic nitrogens is 4. The summed E-state index contributed by atoms with van der Waals surface area (Å²) in [6.07, 6.45) is 8.81. The number of hydrogen-bond acceptors (Lipinski definition) is 7. The number of rotatable bonds is 9. The minimum absolute atomic E-state index is 0.0159. The SMILES string of the molecule is C=Cc1cnc(N2CCC(N(C)C(=O)COCCn3ccc4ccc(C(N)=O)nc43)CC2)nc1. The molecule has 0 spiro atoms.